The van der Waals surface area contributed by atoms with Gasteiger partial charge in [-0.25, -0.2) is 9.78 Å². The van der Waals surface area contributed by atoms with E-state index in [4.69, 9.17) is 9.57 Å². The third-order valence-corrected chi connectivity index (χ3v) is 10.1. The van der Waals surface area contributed by atoms with E-state index in [1.807, 2.05) is 24.3 Å². The first-order chi connectivity index (χ1) is 19.5. The molecule has 2 heterocycles. The molecule has 4 aliphatic rings. The number of aliphatic carboxylic acids is 1. The lowest BCUT2D eigenvalue weighted by molar-refractivity contribution is -0.129. The number of rotatable bonds is 10. The highest BCUT2D eigenvalue weighted by molar-refractivity contribution is 6.41. The number of hydrogen-bond donors (Lipinski definition) is 1. The molecule has 3 aliphatic carbocycles. The molecular weight excluding hydrogens is 508 g/mol. The number of nitrogens with zero attached hydrogens (tertiary/aromatic N) is 4. The van der Waals surface area contributed by atoms with Gasteiger partial charge in [-0.05, 0) is 75.3 Å². The monoisotopic (exact) mass is 550 g/mol. The van der Waals surface area contributed by atoms with Crippen molar-refractivity contribution >= 4 is 22.7 Å². The van der Waals surface area contributed by atoms with Crippen LogP contribution < -0.4 is 5.56 Å². The number of carbonyl (C=O) groups is 1. The highest BCUT2D eigenvalue weighted by Gasteiger charge is 2.54. The summed E-state index contributed by atoms with van der Waals surface area (Å²) in [5.74, 6) is 1.10. The Balaban J connectivity index is 1.31. The molecule has 216 valence electrons. The number of benzene rings is 1. The molecular formula is C31H42N4O5. The fourth-order valence-corrected chi connectivity index (χ4v) is 8.55. The van der Waals surface area contributed by atoms with Crippen molar-refractivity contribution in [3.63, 3.8) is 0 Å². The summed E-state index contributed by atoms with van der Waals surface area (Å²) in [5, 5.41) is 13.7. The van der Waals surface area contributed by atoms with Gasteiger partial charge in [-0.1, -0.05) is 43.0 Å². The van der Waals surface area contributed by atoms with Gasteiger partial charge in [0.1, 0.15) is 6.61 Å². The largest absolute Gasteiger partial charge is 0.476 e. The molecule has 1 aromatic carbocycles. The Kier molecular flexibility index (Phi) is 7.95. The van der Waals surface area contributed by atoms with Crippen LogP contribution in [0.4, 0.5) is 0 Å². The van der Waals surface area contributed by atoms with Crippen LogP contribution in [0.3, 0.4) is 0 Å². The van der Waals surface area contributed by atoms with E-state index >= 15 is 0 Å². The van der Waals surface area contributed by atoms with E-state index < -0.39 is 17.2 Å². The molecule has 1 N–H and O–H groups in total. The van der Waals surface area contributed by atoms with Crippen LogP contribution in [-0.4, -0.2) is 69.7 Å². The predicted molar refractivity (Wildman–Crippen MR) is 153 cm³/mol. The third kappa shape index (κ3) is 5.07. The van der Waals surface area contributed by atoms with Crippen LogP contribution in [0.25, 0.3) is 11.0 Å². The zero-order valence-electron chi connectivity index (χ0n) is 23.7. The fraction of sp³-hybridized carbons (Fsp3) is 0.677. The van der Waals surface area contributed by atoms with Crippen LogP contribution in [0.15, 0.2) is 34.2 Å². The maximum Gasteiger partial charge on any atom is 0.360 e. The molecule has 1 aliphatic heterocycles. The van der Waals surface area contributed by atoms with E-state index in [1.54, 1.807) is 4.57 Å². The van der Waals surface area contributed by atoms with Gasteiger partial charge in [0.25, 0.3) is 5.56 Å². The first-order valence-electron chi connectivity index (χ1n) is 15.2. The van der Waals surface area contributed by atoms with Crippen molar-refractivity contribution in [3.05, 3.63) is 40.3 Å². The van der Waals surface area contributed by atoms with E-state index in [0.717, 1.165) is 23.8 Å². The van der Waals surface area contributed by atoms with Gasteiger partial charge in [0.2, 0.25) is 5.71 Å². The van der Waals surface area contributed by atoms with E-state index in [-0.39, 0.29) is 24.9 Å². The van der Waals surface area contributed by atoms with Gasteiger partial charge in [0, 0.05) is 31.3 Å². The molecule has 40 heavy (non-hydrogen) atoms. The van der Waals surface area contributed by atoms with Gasteiger partial charge in [-0.2, -0.15) is 0 Å². The summed E-state index contributed by atoms with van der Waals surface area (Å²) < 4.78 is 6.70. The van der Waals surface area contributed by atoms with Crippen molar-refractivity contribution in [1.29, 1.82) is 0 Å². The summed E-state index contributed by atoms with van der Waals surface area (Å²) in [6.07, 6.45) is 13.0. The minimum absolute atomic E-state index is 0.0778. The van der Waals surface area contributed by atoms with Gasteiger partial charge in [0.15, 0.2) is 5.69 Å². The van der Waals surface area contributed by atoms with Gasteiger partial charge in [-0.15, -0.1) is 0 Å². The van der Waals surface area contributed by atoms with Gasteiger partial charge in [-0.3, -0.25) is 9.69 Å². The Morgan fingerprint density at radius 2 is 1.85 bits per heavy atom. The molecule has 6 atom stereocenters. The molecule has 4 fully saturated rings. The number of ether oxygens (including phenoxy) is 1. The predicted octanol–water partition coefficient (Wildman–Crippen LogP) is 4.62. The van der Waals surface area contributed by atoms with Crippen molar-refractivity contribution in [2.75, 3.05) is 20.3 Å². The van der Waals surface area contributed by atoms with Crippen molar-refractivity contribution < 1.29 is 19.5 Å². The highest BCUT2D eigenvalue weighted by Crippen LogP contribution is 2.52. The van der Waals surface area contributed by atoms with Crippen LogP contribution in [-0.2, 0) is 14.4 Å². The van der Waals surface area contributed by atoms with Crippen molar-refractivity contribution in [1.82, 2.24) is 14.5 Å². The fourth-order valence-electron chi connectivity index (χ4n) is 8.55. The number of carboxylic acid groups (broad SMARTS) is 1. The second kappa shape index (κ2) is 11.6. The smallest absolute Gasteiger partial charge is 0.360 e. The van der Waals surface area contributed by atoms with Gasteiger partial charge in [0.05, 0.1) is 17.6 Å². The molecule has 0 radical (unpaired) electrons. The third-order valence-electron chi connectivity index (χ3n) is 10.1. The van der Waals surface area contributed by atoms with Crippen molar-refractivity contribution in [3.8, 4) is 0 Å². The number of fused-ring (bicyclic) bond motifs is 4. The van der Waals surface area contributed by atoms with Gasteiger partial charge >= 0.3 is 5.97 Å². The summed E-state index contributed by atoms with van der Waals surface area (Å²) in [6.45, 7) is 2.43. The SMILES string of the molecule is COCCO/N=C(\C(=O)O)c1nc2ccccc2n([C@@H](C)C[C@@H]2C3CCC[C@H]3N2C2CC3CCCC(C3)C2)c1=O. The average molecular weight is 551 g/mol. The van der Waals surface area contributed by atoms with Crippen molar-refractivity contribution in [2.45, 2.75) is 95.3 Å². The zero-order valence-corrected chi connectivity index (χ0v) is 23.7. The number of aromatic nitrogens is 2. The molecule has 0 amide bonds. The topological polar surface area (TPSA) is 106 Å². The Morgan fingerprint density at radius 3 is 2.60 bits per heavy atom. The summed E-state index contributed by atoms with van der Waals surface area (Å²) in [7, 11) is 1.52. The molecule has 2 aromatic rings. The molecule has 9 heteroatoms. The number of oxime groups is 1. The Hall–Kier alpha value is -2.78. The summed E-state index contributed by atoms with van der Waals surface area (Å²) in [5.41, 5.74) is 0.167. The van der Waals surface area contributed by atoms with Gasteiger partial charge < -0.3 is 19.2 Å². The lowest BCUT2D eigenvalue weighted by Crippen LogP contribution is -2.66. The summed E-state index contributed by atoms with van der Waals surface area (Å²) >= 11 is 0. The number of para-hydroxylation sites is 2. The lowest BCUT2D eigenvalue weighted by Gasteiger charge is -2.59. The molecule has 3 unspecified atom stereocenters. The van der Waals surface area contributed by atoms with Crippen LogP contribution in [0.1, 0.15) is 82.9 Å². The molecule has 3 saturated carbocycles. The highest BCUT2D eigenvalue weighted by atomic mass is 16.6. The minimum Gasteiger partial charge on any atom is -0.476 e. The van der Waals surface area contributed by atoms with Crippen LogP contribution in [0.5, 0.6) is 0 Å². The number of likely N-dealkylation sites (tertiary alicyclic amines) is 1. The Morgan fingerprint density at radius 1 is 1.10 bits per heavy atom. The van der Waals surface area contributed by atoms with E-state index in [2.05, 4.69) is 22.0 Å². The quantitative estimate of drug-likeness (QED) is 0.261. The maximum absolute atomic E-state index is 14.0. The average Bonchev–Trinajstić information content (AvgIpc) is 3.35. The van der Waals surface area contributed by atoms with Crippen molar-refractivity contribution in [2.24, 2.45) is 22.9 Å². The number of carboxylic acids is 1. The lowest BCUT2D eigenvalue weighted by atomic mass is 9.67. The molecule has 9 nitrogen and oxygen atoms in total. The normalized spacial score (nSPS) is 31.0. The Bertz CT molecular complexity index is 1310. The number of hydrogen-bond acceptors (Lipinski definition) is 7. The molecule has 1 aromatic heterocycles. The van der Waals surface area contributed by atoms with E-state index in [9.17, 15) is 14.7 Å². The first-order valence-corrected chi connectivity index (χ1v) is 15.2. The van der Waals surface area contributed by atoms with Crippen LogP contribution in [0.2, 0.25) is 0 Å². The second-order valence-electron chi connectivity index (χ2n) is 12.5. The second-order valence-corrected chi connectivity index (χ2v) is 12.5. The molecule has 6 rings (SSSR count). The van der Waals surface area contributed by atoms with Crippen LogP contribution >= 0.6 is 0 Å². The molecule has 0 spiro atoms. The van der Waals surface area contributed by atoms with Crippen LogP contribution in [0, 0.1) is 17.8 Å². The van der Waals surface area contributed by atoms with E-state index in [1.165, 1.54) is 64.9 Å². The minimum atomic E-state index is -1.35. The maximum atomic E-state index is 14.0. The molecule has 1 saturated heterocycles. The number of methoxy groups -OCH3 is 1. The summed E-state index contributed by atoms with van der Waals surface area (Å²) in [6, 6.07) is 9.15. The zero-order chi connectivity index (χ0) is 27.8. The standard InChI is InChI=1S/C31H42N4O5/c1-19(15-27-23-9-6-12-25(23)35(27)22-17-20-7-5-8-21(16-20)18-22)34-26-11-4-3-10-24(26)32-28(30(34)36)29(31(37)38)33-40-14-13-39-2/h3-4,10-11,19-23,25,27H,5-9,12-18H2,1-2H3,(H,37,38)/b33-29-/t19-,20?,21?,22?,23?,25+,27+/m0/s1. The van der Waals surface area contributed by atoms with E-state index in [0.29, 0.717) is 29.6 Å². The Labute approximate surface area is 235 Å². The summed E-state index contributed by atoms with van der Waals surface area (Å²) in [4.78, 5) is 38.6. The first kappa shape index (κ1) is 27.4. The molecule has 2 bridgehead atoms.